The van der Waals surface area contributed by atoms with E-state index in [9.17, 15) is 18.0 Å². The second-order valence-corrected chi connectivity index (χ2v) is 7.54. The van der Waals surface area contributed by atoms with Gasteiger partial charge in [0.25, 0.3) is 14.6 Å². The average Bonchev–Trinajstić information content (AvgIpc) is 2.38. The zero-order valence-electron chi connectivity index (χ0n) is 12.1. The van der Waals surface area contributed by atoms with Gasteiger partial charge in [0, 0.05) is 23.4 Å². The fourth-order valence-electron chi connectivity index (χ4n) is 2.07. The second kappa shape index (κ2) is 8.38. The van der Waals surface area contributed by atoms with Crippen molar-refractivity contribution in [1.29, 1.82) is 0 Å². The van der Waals surface area contributed by atoms with Crippen LogP contribution < -0.4 is 11.2 Å². The minimum atomic E-state index is -4.15. The third-order valence-corrected chi connectivity index (χ3v) is 4.56. The summed E-state index contributed by atoms with van der Waals surface area (Å²) in [5, 5.41) is 0. The monoisotopic (exact) mass is 336 g/mol. The summed E-state index contributed by atoms with van der Waals surface area (Å²) >= 11 is 0. The van der Waals surface area contributed by atoms with Gasteiger partial charge >= 0.3 is 5.69 Å². The molecule has 0 spiro atoms. The molecule has 0 aliphatic rings. The minimum absolute atomic E-state index is 0.364. The zero-order valence-corrected chi connectivity index (χ0v) is 13.7. The molecule has 1 aromatic rings. The molecule has 120 valence electrons. The molecule has 1 N–H and O–H groups in total. The van der Waals surface area contributed by atoms with Crippen molar-refractivity contribution in [1.82, 2.24) is 9.55 Å². The third-order valence-electron chi connectivity index (χ3n) is 3.24. The Labute approximate surface area is 128 Å². The molecule has 0 fully saturated rings. The molecule has 0 amide bonds. The number of nitrogens with zero attached hydrogens (tertiary/aromatic N) is 1. The van der Waals surface area contributed by atoms with E-state index in [4.69, 9.17) is 10.7 Å². The molecule has 0 aliphatic carbocycles. The molecule has 1 heterocycles. The quantitative estimate of drug-likeness (QED) is 0.553. The molecule has 0 radical (unpaired) electrons. The van der Waals surface area contributed by atoms with Crippen molar-refractivity contribution in [3.63, 3.8) is 0 Å². The van der Waals surface area contributed by atoms with Gasteiger partial charge in [0.15, 0.2) is 4.90 Å². The van der Waals surface area contributed by atoms with Crippen LogP contribution >= 0.6 is 10.7 Å². The van der Waals surface area contributed by atoms with E-state index < -0.39 is 25.2 Å². The number of aromatic nitrogens is 2. The molecule has 0 bridgehead atoms. The molecule has 0 saturated heterocycles. The Balaban J connectivity index is 2.60. The van der Waals surface area contributed by atoms with Gasteiger partial charge in [-0.1, -0.05) is 45.4 Å². The topological polar surface area (TPSA) is 89.0 Å². The van der Waals surface area contributed by atoms with Crippen LogP contribution in [-0.4, -0.2) is 18.0 Å². The van der Waals surface area contributed by atoms with Crippen LogP contribution in [0.2, 0.25) is 0 Å². The first-order valence-electron chi connectivity index (χ1n) is 7.14. The lowest BCUT2D eigenvalue weighted by Crippen LogP contribution is -2.32. The zero-order chi connectivity index (χ0) is 15.9. The Kier molecular flexibility index (Phi) is 7.17. The Morgan fingerprint density at radius 3 is 2.24 bits per heavy atom. The summed E-state index contributed by atoms with van der Waals surface area (Å²) in [5.74, 6) is 0. The van der Waals surface area contributed by atoms with Gasteiger partial charge in [-0.25, -0.2) is 13.2 Å². The predicted molar refractivity (Wildman–Crippen MR) is 82.4 cm³/mol. The summed E-state index contributed by atoms with van der Waals surface area (Å²) < 4.78 is 23.6. The van der Waals surface area contributed by atoms with Crippen LogP contribution in [0.4, 0.5) is 0 Å². The number of nitrogens with one attached hydrogen (secondary N) is 1. The largest absolute Gasteiger partial charge is 0.328 e. The van der Waals surface area contributed by atoms with E-state index in [0.717, 1.165) is 31.9 Å². The predicted octanol–water partition coefficient (Wildman–Crippen LogP) is 2.21. The standard InChI is InChI=1S/C13H21ClN2O4S/c1-2-3-4-5-6-7-8-9-16-10-11(21(14,19)20)12(17)15-13(16)18/h10H,2-9H2,1H3,(H,15,17,18). The number of H-pyrrole nitrogens is 1. The maximum Gasteiger partial charge on any atom is 0.328 e. The van der Waals surface area contributed by atoms with Gasteiger partial charge in [-0.2, -0.15) is 0 Å². The molecule has 0 aromatic carbocycles. The summed E-state index contributed by atoms with van der Waals surface area (Å²) in [6.07, 6.45) is 8.61. The molecule has 8 heteroatoms. The molecule has 0 unspecified atom stereocenters. The third kappa shape index (κ3) is 6.05. The van der Waals surface area contributed by atoms with Gasteiger partial charge in [-0.3, -0.25) is 14.3 Å². The molecular weight excluding hydrogens is 316 g/mol. The lowest BCUT2D eigenvalue weighted by atomic mass is 10.1. The second-order valence-electron chi connectivity index (χ2n) is 5.01. The molecule has 0 atom stereocenters. The van der Waals surface area contributed by atoms with Crippen molar-refractivity contribution in [2.24, 2.45) is 0 Å². The first kappa shape index (κ1) is 18.0. The van der Waals surface area contributed by atoms with Crippen LogP contribution in [-0.2, 0) is 15.6 Å². The van der Waals surface area contributed by atoms with Crippen molar-refractivity contribution in [3.05, 3.63) is 27.0 Å². The van der Waals surface area contributed by atoms with Gasteiger partial charge in [0.05, 0.1) is 0 Å². The van der Waals surface area contributed by atoms with Crippen LogP contribution in [0.1, 0.15) is 51.9 Å². The lowest BCUT2D eigenvalue weighted by Gasteiger charge is -2.06. The highest BCUT2D eigenvalue weighted by Crippen LogP contribution is 2.09. The van der Waals surface area contributed by atoms with Crippen LogP contribution in [0, 0.1) is 0 Å². The number of halogens is 1. The smallest absolute Gasteiger partial charge is 0.299 e. The van der Waals surface area contributed by atoms with Crippen molar-refractivity contribution < 1.29 is 8.42 Å². The van der Waals surface area contributed by atoms with E-state index >= 15 is 0 Å². The van der Waals surface area contributed by atoms with E-state index in [-0.39, 0.29) is 0 Å². The molecule has 21 heavy (non-hydrogen) atoms. The van der Waals surface area contributed by atoms with E-state index in [0.29, 0.717) is 6.54 Å². The van der Waals surface area contributed by atoms with Crippen molar-refractivity contribution in [3.8, 4) is 0 Å². The highest BCUT2D eigenvalue weighted by atomic mass is 35.7. The Morgan fingerprint density at radius 1 is 1.10 bits per heavy atom. The van der Waals surface area contributed by atoms with E-state index in [1.54, 1.807) is 0 Å². The molecule has 1 aromatic heterocycles. The van der Waals surface area contributed by atoms with E-state index in [1.807, 2.05) is 4.98 Å². The highest BCUT2D eigenvalue weighted by molar-refractivity contribution is 8.13. The fourth-order valence-corrected chi connectivity index (χ4v) is 2.92. The van der Waals surface area contributed by atoms with Gasteiger partial charge in [-0.05, 0) is 6.42 Å². The first-order valence-corrected chi connectivity index (χ1v) is 9.45. The summed E-state index contributed by atoms with van der Waals surface area (Å²) in [5.41, 5.74) is -1.60. The number of aryl methyl sites for hydroxylation is 1. The van der Waals surface area contributed by atoms with Gasteiger partial charge < -0.3 is 0 Å². The van der Waals surface area contributed by atoms with E-state index in [1.165, 1.54) is 23.8 Å². The maximum absolute atomic E-state index is 11.6. The highest BCUT2D eigenvalue weighted by Gasteiger charge is 2.16. The average molecular weight is 337 g/mol. The van der Waals surface area contributed by atoms with E-state index in [2.05, 4.69) is 6.92 Å². The lowest BCUT2D eigenvalue weighted by molar-refractivity contribution is 0.531. The summed E-state index contributed by atoms with van der Waals surface area (Å²) in [6.45, 7) is 2.52. The van der Waals surface area contributed by atoms with Crippen LogP contribution in [0.5, 0.6) is 0 Å². The number of hydrogen-bond acceptors (Lipinski definition) is 4. The number of aromatic amines is 1. The van der Waals surface area contributed by atoms with Crippen molar-refractivity contribution in [2.75, 3.05) is 0 Å². The molecule has 0 saturated carbocycles. The van der Waals surface area contributed by atoms with Gasteiger partial charge in [-0.15, -0.1) is 0 Å². The SMILES string of the molecule is CCCCCCCCCn1cc(S(=O)(=O)Cl)c(=O)[nH]c1=O. The molecule has 6 nitrogen and oxygen atoms in total. The number of rotatable bonds is 9. The van der Waals surface area contributed by atoms with Gasteiger partial charge in [0.2, 0.25) is 0 Å². The molecule has 1 rings (SSSR count). The first-order chi connectivity index (χ1) is 9.86. The van der Waals surface area contributed by atoms with Gasteiger partial charge in [0.1, 0.15) is 0 Å². The van der Waals surface area contributed by atoms with Crippen LogP contribution in [0.15, 0.2) is 20.7 Å². The summed E-state index contributed by atoms with van der Waals surface area (Å²) in [4.78, 5) is 24.4. The number of unbranched alkanes of at least 4 members (excludes halogenated alkanes) is 6. The Morgan fingerprint density at radius 2 is 1.67 bits per heavy atom. The maximum atomic E-state index is 11.6. The molecule has 0 aliphatic heterocycles. The summed E-state index contributed by atoms with van der Waals surface area (Å²) in [6, 6.07) is 0. The Hall–Kier alpha value is -1.08. The molecular formula is C13H21ClN2O4S. The normalized spacial score (nSPS) is 11.7. The Bertz CT molecular complexity index is 663. The minimum Gasteiger partial charge on any atom is -0.299 e. The van der Waals surface area contributed by atoms with Crippen molar-refractivity contribution >= 4 is 19.7 Å². The summed E-state index contributed by atoms with van der Waals surface area (Å²) in [7, 11) is 1.01. The fraction of sp³-hybridized carbons (Fsp3) is 0.692. The van der Waals surface area contributed by atoms with Crippen LogP contribution in [0.25, 0.3) is 0 Å². The van der Waals surface area contributed by atoms with Crippen molar-refractivity contribution in [2.45, 2.75) is 63.3 Å². The number of hydrogen-bond donors (Lipinski definition) is 1. The van der Waals surface area contributed by atoms with Crippen LogP contribution in [0.3, 0.4) is 0 Å².